The van der Waals surface area contributed by atoms with Gasteiger partial charge in [0.15, 0.2) is 6.10 Å². The summed E-state index contributed by atoms with van der Waals surface area (Å²) in [5.74, 6) is 0.233. The average molecular weight is 381 g/mol. The van der Waals surface area contributed by atoms with E-state index in [4.69, 9.17) is 4.74 Å². The van der Waals surface area contributed by atoms with Crippen molar-refractivity contribution in [2.45, 2.75) is 13.0 Å². The standard InChI is InChI=1S/C16H21BrN4O2/c1-12(15(22)18-9-10-20(2)3)23-16-14(17)11-21(19-16)13-7-5-4-6-8-13/h4-8,11-12H,9-10H2,1-3H3,(H,18,22)/t12-/m0/s1. The number of carbonyl (C=O) groups is 1. The Labute approximate surface area is 144 Å². The molecule has 1 aromatic heterocycles. The van der Waals surface area contributed by atoms with Gasteiger partial charge < -0.3 is 15.0 Å². The van der Waals surface area contributed by atoms with E-state index in [1.165, 1.54) is 0 Å². The fourth-order valence-electron chi connectivity index (χ4n) is 1.90. The van der Waals surface area contributed by atoms with Crippen molar-refractivity contribution >= 4 is 21.8 Å². The van der Waals surface area contributed by atoms with Crippen molar-refractivity contribution in [3.8, 4) is 11.6 Å². The molecular formula is C16H21BrN4O2. The van der Waals surface area contributed by atoms with Crippen molar-refractivity contribution in [2.24, 2.45) is 0 Å². The molecule has 1 aromatic carbocycles. The molecule has 2 aromatic rings. The summed E-state index contributed by atoms with van der Waals surface area (Å²) in [5.41, 5.74) is 0.922. The Kier molecular flexibility index (Phi) is 6.18. The van der Waals surface area contributed by atoms with Gasteiger partial charge in [0.2, 0.25) is 5.88 Å². The predicted octanol–water partition coefficient (Wildman–Crippen LogP) is 2.08. The summed E-state index contributed by atoms with van der Waals surface area (Å²) in [4.78, 5) is 14.0. The zero-order valence-electron chi connectivity index (χ0n) is 13.5. The molecule has 0 spiro atoms. The molecule has 1 amide bonds. The monoisotopic (exact) mass is 380 g/mol. The Morgan fingerprint density at radius 2 is 2.09 bits per heavy atom. The SMILES string of the molecule is C[C@H](Oc1nn(-c2ccccc2)cc1Br)C(=O)NCCN(C)C. The Balaban J connectivity index is 1.97. The van der Waals surface area contributed by atoms with Crippen molar-refractivity contribution in [3.63, 3.8) is 0 Å². The maximum atomic E-state index is 12.0. The first-order valence-corrected chi connectivity index (χ1v) is 8.16. The smallest absolute Gasteiger partial charge is 0.260 e. The molecule has 1 N–H and O–H groups in total. The number of aromatic nitrogens is 2. The van der Waals surface area contributed by atoms with Gasteiger partial charge in [-0.05, 0) is 49.1 Å². The van der Waals surface area contributed by atoms with Crippen LogP contribution in [0.2, 0.25) is 0 Å². The minimum absolute atomic E-state index is 0.159. The highest BCUT2D eigenvalue weighted by Crippen LogP contribution is 2.25. The van der Waals surface area contributed by atoms with Gasteiger partial charge in [0.1, 0.15) is 0 Å². The van der Waals surface area contributed by atoms with Crippen LogP contribution in [0.1, 0.15) is 6.92 Å². The van der Waals surface area contributed by atoms with Gasteiger partial charge in [-0.25, -0.2) is 4.68 Å². The first-order chi connectivity index (χ1) is 11.0. The molecule has 0 aliphatic heterocycles. The number of halogens is 1. The summed E-state index contributed by atoms with van der Waals surface area (Å²) in [6.45, 7) is 3.07. The van der Waals surface area contributed by atoms with Crippen molar-refractivity contribution in [1.29, 1.82) is 0 Å². The lowest BCUT2D eigenvalue weighted by Gasteiger charge is -2.15. The second kappa shape index (κ2) is 8.12. The summed E-state index contributed by atoms with van der Waals surface area (Å²) in [5, 5.41) is 7.21. The van der Waals surface area contributed by atoms with Crippen molar-refractivity contribution in [1.82, 2.24) is 20.0 Å². The number of hydrogen-bond acceptors (Lipinski definition) is 4. The number of nitrogens with one attached hydrogen (secondary N) is 1. The van der Waals surface area contributed by atoms with Gasteiger partial charge in [-0.2, -0.15) is 0 Å². The zero-order valence-corrected chi connectivity index (χ0v) is 15.1. The van der Waals surface area contributed by atoms with Crippen LogP contribution in [0.15, 0.2) is 41.0 Å². The third-order valence-corrected chi connectivity index (χ3v) is 3.72. The molecule has 0 aliphatic carbocycles. The van der Waals surface area contributed by atoms with Crippen LogP contribution in [-0.4, -0.2) is 53.9 Å². The molecule has 0 saturated carbocycles. The Hall–Kier alpha value is -1.86. The molecule has 7 heteroatoms. The molecule has 124 valence electrons. The Morgan fingerprint density at radius 3 is 2.74 bits per heavy atom. The van der Waals surface area contributed by atoms with Gasteiger partial charge in [-0.3, -0.25) is 4.79 Å². The number of rotatable bonds is 7. The van der Waals surface area contributed by atoms with Crippen molar-refractivity contribution < 1.29 is 9.53 Å². The zero-order chi connectivity index (χ0) is 16.8. The molecule has 0 bridgehead atoms. The van der Waals surface area contributed by atoms with E-state index >= 15 is 0 Å². The summed E-state index contributed by atoms with van der Waals surface area (Å²) < 4.78 is 8.07. The van der Waals surface area contributed by atoms with Gasteiger partial charge in [0, 0.05) is 19.3 Å². The fraction of sp³-hybridized carbons (Fsp3) is 0.375. The minimum atomic E-state index is -0.618. The van der Waals surface area contributed by atoms with Crippen molar-refractivity contribution in [2.75, 3.05) is 27.2 Å². The second-order valence-electron chi connectivity index (χ2n) is 5.42. The molecule has 0 saturated heterocycles. The van der Waals surface area contributed by atoms with Gasteiger partial charge in [-0.1, -0.05) is 18.2 Å². The van der Waals surface area contributed by atoms with Crippen LogP contribution in [0.3, 0.4) is 0 Å². The number of amides is 1. The molecular weight excluding hydrogens is 360 g/mol. The summed E-state index contributed by atoms with van der Waals surface area (Å²) >= 11 is 3.42. The van der Waals surface area contributed by atoms with Gasteiger partial charge >= 0.3 is 0 Å². The molecule has 1 atom stereocenters. The third kappa shape index (κ3) is 5.07. The molecule has 0 radical (unpaired) electrons. The van der Waals surface area contributed by atoms with Crippen LogP contribution in [-0.2, 0) is 4.79 Å². The van der Waals surface area contributed by atoms with Gasteiger partial charge in [0.25, 0.3) is 5.91 Å². The number of ether oxygens (including phenoxy) is 1. The highest BCUT2D eigenvalue weighted by Gasteiger charge is 2.18. The van der Waals surface area contributed by atoms with Crippen LogP contribution in [0.4, 0.5) is 0 Å². The summed E-state index contributed by atoms with van der Waals surface area (Å²) in [6, 6.07) is 9.71. The van der Waals surface area contributed by atoms with E-state index in [9.17, 15) is 4.79 Å². The number of benzene rings is 1. The van der Waals surface area contributed by atoms with Crippen LogP contribution in [0, 0.1) is 0 Å². The van der Waals surface area contributed by atoms with E-state index in [2.05, 4.69) is 26.3 Å². The topological polar surface area (TPSA) is 59.4 Å². The van der Waals surface area contributed by atoms with Crippen LogP contribution >= 0.6 is 15.9 Å². The molecule has 0 fully saturated rings. The molecule has 1 heterocycles. The number of hydrogen-bond donors (Lipinski definition) is 1. The lowest BCUT2D eigenvalue weighted by atomic mass is 10.3. The van der Waals surface area contributed by atoms with E-state index < -0.39 is 6.10 Å². The maximum absolute atomic E-state index is 12.0. The quantitative estimate of drug-likeness (QED) is 0.798. The molecule has 0 unspecified atom stereocenters. The lowest BCUT2D eigenvalue weighted by Crippen LogP contribution is -2.39. The molecule has 6 nitrogen and oxygen atoms in total. The highest BCUT2D eigenvalue weighted by molar-refractivity contribution is 9.10. The Bertz CT molecular complexity index is 643. The summed E-state index contributed by atoms with van der Waals surface area (Å²) in [6.07, 6.45) is 1.19. The lowest BCUT2D eigenvalue weighted by molar-refractivity contribution is -0.127. The first kappa shape index (κ1) is 17.5. The van der Waals surface area contributed by atoms with Gasteiger partial charge in [-0.15, -0.1) is 5.10 Å². The van der Waals surface area contributed by atoms with E-state index in [-0.39, 0.29) is 5.91 Å². The summed E-state index contributed by atoms with van der Waals surface area (Å²) in [7, 11) is 3.92. The minimum Gasteiger partial charge on any atom is -0.463 e. The largest absolute Gasteiger partial charge is 0.463 e. The number of likely N-dealkylation sites (N-methyl/N-ethyl adjacent to an activating group) is 1. The van der Waals surface area contributed by atoms with E-state index in [0.29, 0.717) is 16.9 Å². The van der Waals surface area contributed by atoms with Crippen LogP contribution in [0.5, 0.6) is 5.88 Å². The number of para-hydroxylation sites is 1. The normalized spacial score (nSPS) is 12.2. The predicted molar refractivity (Wildman–Crippen MR) is 92.9 cm³/mol. The van der Waals surface area contributed by atoms with E-state index in [1.54, 1.807) is 17.8 Å². The van der Waals surface area contributed by atoms with Crippen molar-refractivity contribution in [3.05, 3.63) is 41.0 Å². The Morgan fingerprint density at radius 1 is 1.39 bits per heavy atom. The molecule has 23 heavy (non-hydrogen) atoms. The molecule has 0 aliphatic rings. The van der Waals surface area contributed by atoms with E-state index in [1.807, 2.05) is 49.3 Å². The number of carbonyl (C=O) groups excluding carboxylic acids is 1. The fourth-order valence-corrected chi connectivity index (χ4v) is 2.26. The molecule has 2 rings (SSSR count). The third-order valence-electron chi connectivity index (χ3n) is 3.18. The van der Waals surface area contributed by atoms with E-state index in [0.717, 1.165) is 12.2 Å². The average Bonchev–Trinajstić information content (AvgIpc) is 2.88. The maximum Gasteiger partial charge on any atom is 0.260 e. The first-order valence-electron chi connectivity index (χ1n) is 7.37. The van der Waals surface area contributed by atoms with Gasteiger partial charge in [0.05, 0.1) is 10.2 Å². The number of nitrogens with zero attached hydrogens (tertiary/aromatic N) is 3. The second-order valence-corrected chi connectivity index (χ2v) is 6.27. The van der Waals surface area contributed by atoms with Crippen LogP contribution in [0.25, 0.3) is 5.69 Å². The van der Waals surface area contributed by atoms with Crippen LogP contribution < -0.4 is 10.1 Å². The highest BCUT2D eigenvalue weighted by atomic mass is 79.9.